The number of rotatable bonds is 3. The molecule has 4 nitrogen and oxygen atoms in total. The zero-order valence-electron chi connectivity index (χ0n) is 10.8. The number of halogens is 1. The van der Waals surface area contributed by atoms with Crippen molar-refractivity contribution < 1.29 is 14.3 Å². The molecule has 20 heavy (non-hydrogen) atoms. The summed E-state index contributed by atoms with van der Waals surface area (Å²) >= 11 is 1.17. The van der Waals surface area contributed by atoms with Gasteiger partial charge in [0.1, 0.15) is 10.7 Å². The Morgan fingerprint density at radius 3 is 2.80 bits per heavy atom. The van der Waals surface area contributed by atoms with Gasteiger partial charge < -0.3 is 16.2 Å². The SMILES string of the molecule is Nc1c(C(=O)NC2(CO)CCC2)sc2cccc(F)c12. The fourth-order valence-corrected chi connectivity index (χ4v) is 3.55. The second kappa shape index (κ2) is 4.71. The highest BCUT2D eigenvalue weighted by molar-refractivity contribution is 7.21. The molecule has 6 heteroatoms. The van der Waals surface area contributed by atoms with Crippen molar-refractivity contribution in [2.75, 3.05) is 12.3 Å². The van der Waals surface area contributed by atoms with Gasteiger partial charge in [-0.1, -0.05) is 6.07 Å². The molecule has 0 unspecified atom stereocenters. The Bertz CT molecular complexity index is 674. The zero-order valence-corrected chi connectivity index (χ0v) is 11.6. The quantitative estimate of drug-likeness (QED) is 0.813. The molecule has 1 fully saturated rings. The van der Waals surface area contributed by atoms with Crippen LogP contribution in [0.1, 0.15) is 28.9 Å². The van der Waals surface area contributed by atoms with Crippen LogP contribution in [0.15, 0.2) is 18.2 Å². The van der Waals surface area contributed by atoms with Gasteiger partial charge in [0, 0.05) is 4.70 Å². The van der Waals surface area contributed by atoms with Gasteiger partial charge in [-0.05, 0) is 31.4 Å². The Kier molecular flexibility index (Phi) is 3.14. The normalized spacial score (nSPS) is 16.9. The van der Waals surface area contributed by atoms with E-state index < -0.39 is 11.4 Å². The van der Waals surface area contributed by atoms with Gasteiger partial charge in [0.05, 0.1) is 23.2 Å². The second-order valence-electron chi connectivity index (χ2n) is 5.20. The van der Waals surface area contributed by atoms with Crippen LogP contribution >= 0.6 is 11.3 Å². The number of hydrogen-bond acceptors (Lipinski definition) is 4. The van der Waals surface area contributed by atoms with Crippen LogP contribution in [-0.2, 0) is 0 Å². The predicted octanol–water partition coefficient (Wildman–Crippen LogP) is 2.27. The minimum absolute atomic E-state index is 0.0854. The summed E-state index contributed by atoms with van der Waals surface area (Å²) in [5.74, 6) is -0.757. The van der Waals surface area contributed by atoms with E-state index in [0.717, 1.165) is 19.3 Å². The van der Waals surface area contributed by atoms with E-state index in [1.54, 1.807) is 12.1 Å². The van der Waals surface area contributed by atoms with Crippen LogP contribution in [0.4, 0.5) is 10.1 Å². The van der Waals surface area contributed by atoms with Crippen molar-refractivity contribution in [3.05, 3.63) is 28.9 Å². The zero-order chi connectivity index (χ0) is 14.3. The Morgan fingerprint density at radius 1 is 1.50 bits per heavy atom. The van der Waals surface area contributed by atoms with Gasteiger partial charge in [0.15, 0.2) is 0 Å². The molecule has 0 saturated heterocycles. The van der Waals surface area contributed by atoms with E-state index in [-0.39, 0.29) is 18.2 Å². The Balaban J connectivity index is 1.96. The first-order valence-electron chi connectivity index (χ1n) is 6.46. The van der Waals surface area contributed by atoms with Crippen LogP contribution in [0.3, 0.4) is 0 Å². The van der Waals surface area contributed by atoms with Crippen molar-refractivity contribution in [3.8, 4) is 0 Å². The molecule has 0 atom stereocenters. The number of amides is 1. The number of carbonyl (C=O) groups is 1. The van der Waals surface area contributed by atoms with Crippen molar-refractivity contribution in [3.63, 3.8) is 0 Å². The lowest BCUT2D eigenvalue weighted by molar-refractivity contribution is 0.0646. The minimum atomic E-state index is -0.530. The van der Waals surface area contributed by atoms with Gasteiger partial charge in [-0.15, -0.1) is 11.3 Å². The van der Waals surface area contributed by atoms with E-state index in [2.05, 4.69) is 5.32 Å². The molecule has 1 aliphatic carbocycles. The highest BCUT2D eigenvalue weighted by atomic mass is 32.1. The maximum Gasteiger partial charge on any atom is 0.264 e. The van der Waals surface area contributed by atoms with Crippen LogP contribution in [0.2, 0.25) is 0 Å². The molecule has 3 rings (SSSR count). The lowest BCUT2D eigenvalue weighted by atomic mass is 9.77. The molecule has 1 aromatic carbocycles. The highest BCUT2D eigenvalue weighted by Crippen LogP contribution is 2.37. The summed E-state index contributed by atoms with van der Waals surface area (Å²) in [5, 5.41) is 12.5. The predicted molar refractivity (Wildman–Crippen MR) is 77.3 cm³/mol. The van der Waals surface area contributed by atoms with Crippen molar-refractivity contribution in [1.82, 2.24) is 5.32 Å². The summed E-state index contributed by atoms with van der Waals surface area (Å²) in [6.07, 6.45) is 2.50. The topological polar surface area (TPSA) is 75.4 Å². The van der Waals surface area contributed by atoms with E-state index in [1.165, 1.54) is 17.4 Å². The van der Waals surface area contributed by atoms with Crippen LogP contribution in [0.5, 0.6) is 0 Å². The number of carbonyl (C=O) groups excluding carboxylic acids is 1. The third kappa shape index (κ3) is 1.96. The van der Waals surface area contributed by atoms with Gasteiger partial charge in [-0.25, -0.2) is 4.39 Å². The molecule has 0 spiro atoms. The summed E-state index contributed by atoms with van der Waals surface area (Å²) in [5.41, 5.74) is 5.55. The molecule has 1 aliphatic rings. The molecular formula is C14H15FN2O2S. The fourth-order valence-electron chi connectivity index (χ4n) is 2.52. The Labute approximate surface area is 119 Å². The number of benzene rings is 1. The number of nitrogens with one attached hydrogen (secondary N) is 1. The molecule has 0 aliphatic heterocycles. The van der Waals surface area contributed by atoms with Crippen LogP contribution in [0.25, 0.3) is 10.1 Å². The van der Waals surface area contributed by atoms with Crippen LogP contribution in [0, 0.1) is 5.82 Å². The summed E-state index contributed by atoms with van der Waals surface area (Å²) in [7, 11) is 0. The van der Waals surface area contributed by atoms with E-state index >= 15 is 0 Å². The standard InChI is InChI=1S/C14H15FN2O2S/c15-8-3-1-4-9-10(8)11(16)12(20-9)13(19)17-14(7-18)5-2-6-14/h1,3-4,18H,2,5-7,16H2,(H,17,19). The molecular weight excluding hydrogens is 279 g/mol. The number of aliphatic hydroxyl groups excluding tert-OH is 1. The molecule has 1 amide bonds. The third-order valence-electron chi connectivity index (χ3n) is 3.90. The van der Waals surface area contributed by atoms with Crippen LogP contribution < -0.4 is 11.1 Å². The maximum absolute atomic E-state index is 13.8. The van der Waals surface area contributed by atoms with Gasteiger partial charge in [-0.3, -0.25) is 4.79 Å². The van der Waals surface area contributed by atoms with E-state index in [0.29, 0.717) is 15.0 Å². The molecule has 1 heterocycles. The van der Waals surface area contributed by atoms with Crippen molar-refractivity contribution >= 4 is 33.0 Å². The Hall–Kier alpha value is -1.66. The summed E-state index contributed by atoms with van der Waals surface area (Å²) in [6.45, 7) is -0.0854. The number of anilines is 1. The smallest absolute Gasteiger partial charge is 0.264 e. The summed E-state index contributed by atoms with van der Waals surface area (Å²) in [6, 6.07) is 4.66. The van der Waals surface area contributed by atoms with E-state index in [1.807, 2.05) is 0 Å². The van der Waals surface area contributed by atoms with Crippen molar-refractivity contribution in [2.45, 2.75) is 24.8 Å². The maximum atomic E-state index is 13.8. The lowest BCUT2D eigenvalue weighted by Gasteiger charge is -2.40. The number of thiophene rings is 1. The molecule has 0 bridgehead atoms. The van der Waals surface area contributed by atoms with Gasteiger partial charge in [0.25, 0.3) is 5.91 Å². The van der Waals surface area contributed by atoms with Gasteiger partial charge in [-0.2, -0.15) is 0 Å². The molecule has 4 N–H and O–H groups in total. The monoisotopic (exact) mass is 294 g/mol. The third-order valence-corrected chi connectivity index (χ3v) is 5.07. The minimum Gasteiger partial charge on any atom is -0.397 e. The summed E-state index contributed by atoms with van der Waals surface area (Å²) < 4.78 is 14.4. The molecule has 0 radical (unpaired) electrons. The van der Waals surface area contributed by atoms with Crippen LogP contribution in [-0.4, -0.2) is 23.2 Å². The van der Waals surface area contributed by atoms with Crippen molar-refractivity contribution in [1.29, 1.82) is 0 Å². The van der Waals surface area contributed by atoms with E-state index in [4.69, 9.17) is 5.73 Å². The largest absolute Gasteiger partial charge is 0.397 e. The van der Waals surface area contributed by atoms with Gasteiger partial charge >= 0.3 is 0 Å². The first kappa shape index (κ1) is 13.3. The molecule has 2 aromatic rings. The number of aliphatic hydroxyl groups is 1. The molecule has 1 saturated carbocycles. The van der Waals surface area contributed by atoms with E-state index in [9.17, 15) is 14.3 Å². The highest BCUT2D eigenvalue weighted by Gasteiger charge is 2.38. The molecule has 106 valence electrons. The summed E-state index contributed by atoms with van der Waals surface area (Å²) in [4.78, 5) is 12.6. The lowest BCUT2D eigenvalue weighted by Crippen LogP contribution is -2.56. The van der Waals surface area contributed by atoms with Crippen molar-refractivity contribution in [2.24, 2.45) is 0 Å². The first-order valence-corrected chi connectivity index (χ1v) is 7.28. The fraction of sp³-hybridized carbons (Fsp3) is 0.357. The van der Waals surface area contributed by atoms with Gasteiger partial charge in [0.2, 0.25) is 0 Å². The molecule has 1 aromatic heterocycles. The average Bonchev–Trinajstić information content (AvgIpc) is 2.72. The second-order valence-corrected chi connectivity index (χ2v) is 6.26. The number of nitrogen functional groups attached to an aromatic ring is 1. The Morgan fingerprint density at radius 2 is 2.25 bits per heavy atom. The average molecular weight is 294 g/mol. The number of fused-ring (bicyclic) bond motifs is 1. The number of hydrogen-bond donors (Lipinski definition) is 3. The first-order chi connectivity index (χ1) is 9.56. The number of nitrogens with two attached hydrogens (primary N) is 1.